The number of carbonyl (C=O) groups excluding carboxylic acids is 1. The van der Waals surface area contributed by atoms with Crippen LogP contribution >= 0.6 is 12.4 Å². The van der Waals surface area contributed by atoms with Gasteiger partial charge in [-0.05, 0) is 23.7 Å². The highest BCUT2D eigenvalue weighted by Gasteiger charge is 2.12. The van der Waals surface area contributed by atoms with E-state index in [1.165, 1.54) is 0 Å². The molecule has 136 valence electrons. The summed E-state index contributed by atoms with van der Waals surface area (Å²) in [5, 5.41) is 6.02. The molecule has 1 atom stereocenters. The first-order chi connectivity index (χ1) is 11.7. The van der Waals surface area contributed by atoms with E-state index in [0.29, 0.717) is 26.3 Å². The third-order valence-electron chi connectivity index (χ3n) is 3.90. The molecule has 1 amide bonds. The van der Waals surface area contributed by atoms with Crippen LogP contribution in [0.4, 0.5) is 0 Å². The molecule has 0 spiro atoms. The van der Waals surface area contributed by atoms with E-state index in [9.17, 15) is 4.79 Å². The molecule has 2 rings (SSSR count). The minimum absolute atomic E-state index is 0. The van der Waals surface area contributed by atoms with E-state index >= 15 is 0 Å². The van der Waals surface area contributed by atoms with Gasteiger partial charge in [0.25, 0.3) is 0 Å². The summed E-state index contributed by atoms with van der Waals surface area (Å²) >= 11 is 0. The lowest BCUT2D eigenvalue weighted by Crippen LogP contribution is -2.34. The Balaban J connectivity index is 0.00000312. The van der Waals surface area contributed by atoms with Gasteiger partial charge in [-0.1, -0.05) is 61.5 Å². The van der Waals surface area contributed by atoms with Crippen molar-refractivity contribution in [2.45, 2.75) is 26.7 Å². The molecule has 0 aliphatic carbocycles. The van der Waals surface area contributed by atoms with Gasteiger partial charge in [0.05, 0.1) is 13.2 Å². The maximum absolute atomic E-state index is 12.0. The fourth-order valence-electron chi connectivity index (χ4n) is 2.48. The van der Waals surface area contributed by atoms with Crippen molar-refractivity contribution in [2.75, 3.05) is 13.6 Å². The quantitative estimate of drug-likeness (QED) is 0.719. The first kappa shape index (κ1) is 21.2. The van der Waals surface area contributed by atoms with Gasteiger partial charge in [0.1, 0.15) is 0 Å². The topological polar surface area (TPSA) is 50.4 Å². The van der Waals surface area contributed by atoms with Gasteiger partial charge in [-0.2, -0.15) is 0 Å². The average Bonchev–Trinajstić information content (AvgIpc) is 2.61. The van der Waals surface area contributed by atoms with E-state index in [0.717, 1.165) is 16.7 Å². The zero-order chi connectivity index (χ0) is 17.2. The molecule has 0 heterocycles. The number of carbonyl (C=O) groups is 1. The fraction of sp³-hybridized carbons (Fsp3) is 0.350. The number of hydrogen-bond acceptors (Lipinski definition) is 3. The molecule has 0 aliphatic rings. The molecule has 0 bridgehead atoms. The smallest absolute Gasteiger partial charge is 0.224 e. The summed E-state index contributed by atoms with van der Waals surface area (Å²) in [4.78, 5) is 12.0. The number of nitrogens with one attached hydrogen (secondary N) is 2. The van der Waals surface area contributed by atoms with Crippen LogP contribution in [0.15, 0.2) is 54.6 Å². The lowest BCUT2D eigenvalue weighted by Gasteiger charge is -2.14. The Labute approximate surface area is 156 Å². The molecular formula is C20H27ClN2O2. The zero-order valence-corrected chi connectivity index (χ0v) is 15.6. The van der Waals surface area contributed by atoms with Gasteiger partial charge in [0.15, 0.2) is 0 Å². The number of ether oxygens (including phenoxy) is 1. The Morgan fingerprint density at radius 3 is 2.32 bits per heavy atom. The van der Waals surface area contributed by atoms with E-state index < -0.39 is 0 Å². The predicted octanol–water partition coefficient (Wildman–Crippen LogP) is 3.30. The number of rotatable bonds is 9. The van der Waals surface area contributed by atoms with Gasteiger partial charge in [0.2, 0.25) is 5.91 Å². The molecule has 0 saturated heterocycles. The first-order valence-electron chi connectivity index (χ1n) is 8.31. The van der Waals surface area contributed by atoms with Crippen molar-refractivity contribution in [1.29, 1.82) is 0 Å². The van der Waals surface area contributed by atoms with Crippen molar-refractivity contribution in [3.05, 3.63) is 71.3 Å². The average molecular weight is 363 g/mol. The van der Waals surface area contributed by atoms with Crippen LogP contribution in [0.3, 0.4) is 0 Å². The predicted molar refractivity (Wildman–Crippen MR) is 104 cm³/mol. The van der Waals surface area contributed by atoms with Crippen molar-refractivity contribution in [2.24, 2.45) is 5.92 Å². The van der Waals surface area contributed by atoms with E-state index in [2.05, 4.69) is 22.8 Å². The molecule has 0 aromatic heterocycles. The molecular weight excluding hydrogens is 336 g/mol. The van der Waals surface area contributed by atoms with Crippen LogP contribution in [0, 0.1) is 5.92 Å². The number of amides is 1. The molecule has 0 fully saturated rings. The van der Waals surface area contributed by atoms with Crippen molar-refractivity contribution >= 4 is 18.3 Å². The maximum atomic E-state index is 12.0. The largest absolute Gasteiger partial charge is 0.372 e. The second kappa shape index (κ2) is 11.6. The van der Waals surface area contributed by atoms with Crippen LogP contribution in [0.2, 0.25) is 0 Å². The summed E-state index contributed by atoms with van der Waals surface area (Å²) in [5.74, 6) is 0.0147. The van der Waals surface area contributed by atoms with Gasteiger partial charge in [0, 0.05) is 19.0 Å². The lowest BCUT2D eigenvalue weighted by molar-refractivity contribution is -0.124. The monoisotopic (exact) mass is 362 g/mol. The minimum Gasteiger partial charge on any atom is -0.372 e. The van der Waals surface area contributed by atoms with Crippen molar-refractivity contribution < 1.29 is 9.53 Å². The van der Waals surface area contributed by atoms with Gasteiger partial charge in [-0.3, -0.25) is 4.79 Å². The SMILES string of the molecule is CNCC(C)C(=O)NCc1ccccc1COCc1ccccc1.Cl. The van der Waals surface area contributed by atoms with Crippen LogP contribution in [0.5, 0.6) is 0 Å². The molecule has 0 aliphatic heterocycles. The molecule has 1 unspecified atom stereocenters. The summed E-state index contributed by atoms with van der Waals surface area (Å²) in [7, 11) is 1.85. The molecule has 2 aromatic rings. The van der Waals surface area contributed by atoms with Crippen molar-refractivity contribution in [1.82, 2.24) is 10.6 Å². The Morgan fingerprint density at radius 1 is 1.00 bits per heavy atom. The Bertz CT molecular complexity index is 635. The van der Waals surface area contributed by atoms with E-state index in [4.69, 9.17) is 4.74 Å². The maximum Gasteiger partial charge on any atom is 0.224 e. The van der Waals surface area contributed by atoms with Crippen LogP contribution in [0.25, 0.3) is 0 Å². The highest BCUT2D eigenvalue weighted by molar-refractivity contribution is 5.85. The minimum atomic E-state index is -0.0449. The zero-order valence-electron chi connectivity index (χ0n) is 14.8. The summed E-state index contributed by atoms with van der Waals surface area (Å²) in [5.41, 5.74) is 3.36. The Kier molecular flexibility index (Phi) is 9.85. The summed E-state index contributed by atoms with van der Waals surface area (Å²) in [6, 6.07) is 18.2. The van der Waals surface area contributed by atoms with Gasteiger partial charge >= 0.3 is 0 Å². The third-order valence-corrected chi connectivity index (χ3v) is 3.90. The van der Waals surface area contributed by atoms with E-state index in [-0.39, 0.29) is 24.2 Å². The molecule has 0 saturated carbocycles. The molecule has 0 radical (unpaired) electrons. The van der Waals surface area contributed by atoms with Crippen LogP contribution < -0.4 is 10.6 Å². The van der Waals surface area contributed by atoms with Gasteiger partial charge in [-0.15, -0.1) is 12.4 Å². The molecule has 2 N–H and O–H groups in total. The normalized spacial score (nSPS) is 11.4. The van der Waals surface area contributed by atoms with Crippen molar-refractivity contribution in [3.8, 4) is 0 Å². The second-order valence-corrected chi connectivity index (χ2v) is 5.92. The second-order valence-electron chi connectivity index (χ2n) is 5.92. The Morgan fingerprint density at radius 2 is 1.64 bits per heavy atom. The first-order valence-corrected chi connectivity index (χ1v) is 8.31. The third kappa shape index (κ3) is 7.26. The summed E-state index contributed by atoms with van der Waals surface area (Å²) in [6.07, 6.45) is 0. The highest BCUT2D eigenvalue weighted by Crippen LogP contribution is 2.12. The van der Waals surface area contributed by atoms with Gasteiger partial charge < -0.3 is 15.4 Å². The lowest BCUT2D eigenvalue weighted by atomic mass is 10.1. The molecule has 5 heteroatoms. The number of hydrogen-bond donors (Lipinski definition) is 2. The van der Waals surface area contributed by atoms with Crippen molar-refractivity contribution in [3.63, 3.8) is 0 Å². The van der Waals surface area contributed by atoms with E-state index in [1.54, 1.807) is 0 Å². The summed E-state index contributed by atoms with van der Waals surface area (Å²) in [6.45, 7) is 4.24. The molecule has 4 nitrogen and oxygen atoms in total. The summed E-state index contributed by atoms with van der Waals surface area (Å²) < 4.78 is 5.82. The Hall–Kier alpha value is -1.88. The fourth-order valence-corrected chi connectivity index (χ4v) is 2.48. The van der Waals surface area contributed by atoms with E-state index in [1.807, 2.05) is 56.4 Å². The standard InChI is InChI=1S/C20H26N2O2.ClH/c1-16(12-21-2)20(23)22-13-18-10-6-7-11-19(18)15-24-14-17-8-4-3-5-9-17;/h3-11,16,21H,12-15H2,1-2H3,(H,22,23);1H. The number of benzene rings is 2. The highest BCUT2D eigenvalue weighted by atomic mass is 35.5. The number of halogens is 1. The molecule has 25 heavy (non-hydrogen) atoms. The molecule has 2 aromatic carbocycles. The van der Waals surface area contributed by atoms with Crippen LogP contribution in [-0.4, -0.2) is 19.5 Å². The van der Waals surface area contributed by atoms with Crippen LogP contribution in [-0.2, 0) is 29.3 Å². The van der Waals surface area contributed by atoms with Gasteiger partial charge in [-0.25, -0.2) is 0 Å². The van der Waals surface area contributed by atoms with Crippen LogP contribution in [0.1, 0.15) is 23.6 Å².